The van der Waals surface area contributed by atoms with Crippen molar-refractivity contribution in [1.82, 2.24) is 10.4 Å². The van der Waals surface area contributed by atoms with Crippen LogP contribution in [0.2, 0.25) is 0 Å². The second-order valence-corrected chi connectivity index (χ2v) is 4.74. The van der Waals surface area contributed by atoms with Crippen LogP contribution in [0.5, 0.6) is 0 Å². The van der Waals surface area contributed by atoms with Crippen molar-refractivity contribution >= 4 is 0 Å². The summed E-state index contributed by atoms with van der Waals surface area (Å²) in [6.07, 6.45) is 5.20. The Hall–Kier alpha value is -0.970. The van der Waals surface area contributed by atoms with Crippen molar-refractivity contribution in [2.24, 2.45) is 11.8 Å². The number of nitrogens with zero attached hydrogens (tertiary/aromatic N) is 1. The second-order valence-electron chi connectivity index (χ2n) is 4.74. The topological polar surface area (TPSA) is 60.2 Å². The molecule has 4 nitrogen and oxygen atoms in total. The number of aryl methyl sites for hydroxylation is 1. The number of hydrazine groups is 1. The van der Waals surface area contributed by atoms with Crippen LogP contribution >= 0.6 is 0 Å². The number of nitrogens with two attached hydrogens (primary N) is 1. The predicted molar refractivity (Wildman–Crippen MR) is 67.2 cm³/mol. The molecule has 0 aromatic carbocycles. The van der Waals surface area contributed by atoms with Crippen molar-refractivity contribution in [3.8, 4) is 0 Å². The average Bonchev–Trinajstić information content (AvgIpc) is 2.37. The van der Waals surface area contributed by atoms with Crippen molar-refractivity contribution in [1.29, 1.82) is 0 Å². The lowest BCUT2D eigenvalue weighted by molar-refractivity contribution is 0.0605. The highest BCUT2D eigenvalue weighted by molar-refractivity contribution is 5.19. The number of hydrogen-bond donors (Lipinski definition) is 2. The molecule has 2 rings (SSSR count). The molecule has 4 heteroatoms. The minimum absolute atomic E-state index is 0.222. The standard InChI is InChI=1S/C13H21N3O/c1-10-8-12(2-5-15-10)13(16-14)9-11-3-6-17-7-4-11/h2,5,8,11,13,16H,3-4,6-7,9,14H2,1H3. The van der Waals surface area contributed by atoms with Gasteiger partial charge in [-0.15, -0.1) is 0 Å². The summed E-state index contributed by atoms with van der Waals surface area (Å²) in [4.78, 5) is 4.21. The first-order valence-corrected chi connectivity index (χ1v) is 6.26. The number of nitrogens with one attached hydrogen (secondary N) is 1. The highest BCUT2D eigenvalue weighted by atomic mass is 16.5. The summed E-state index contributed by atoms with van der Waals surface area (Å²) in [7, 11) is 0. The molecule has 1 saturated heterocycles. The van der Waals surface area contributed by atoms with Gasteiger partial charge in [-0.05, 0) is 49.8 Å². The molecule has 3 N–H and O–H groups in total. The molecule has 1 aliphatic heterocycles. The van der Waals surface area contributed by atoms with E-state index in [1.807, 2.05) is 19.2 Å². The molecule has 0 spiro atoms. The zero-order valence-corrected chi connectivity index (χ0v) is 10.4. The number of aromatic nitrogens is 1. The highest BCUT2D eigenvalue weighted by Gasteiger charge is 2.19. The lowest BCUT2D eigenvalue weighted by Gasteiger charge is -2.26. The van der Waals surface area contributed by atoms with Gasteiger partial charge in [0.05, 0.1) is 0 Å². The van der Waals surface area contributed by atoms with Crippen LogP contribution in [0.3, 0.4) is 0 Å². The first kappa shape index (κ1) is 12.5. The molecule has 0 bridgehead atoms. The third-order valence-electron chi connectivity index (χ3n) is 3.43. The Kier molecular flexibility index (Phi) is 4.48. The quantitative estimate of drug-likeness (QED) is 0.616. The van der Waals surface area contributed by atoms with Crippen LogP contribution in [0, 0.1) is 12.8 Å². The molecule has 0 radical (unpaired) electrons. The summed E-state index contributed by atoms with van der Waals surface area (Å²) < 4.78 is 5.38. The summed E-state index contributed by atoms with van der Waals surface area (Å²) in [5, 5.41) is 0. The second kappa shape index (κ2) is 6.10. The van der Waals surface area contributed by atoms with Crippen LogP contribution in [-0.4, -0.2) is 18.2 Å². The van der Waals surface area contributed by atoms with Gasteiger partial charge in [-0.25, -0.2) is 0 Å². The molecule has 1 atom stereocenters. The Morgan fingerprint density at radius 2 is 2.29 bits per heavy atom. The van der Waals surface area contributed by atoms with E-state index in [9.17, 15) is 0 Å². The Labute approximate surface area is 103 Å². The van der Waals surface area contributed by atoms with Crippen LogP contribution < -0.4 is 11.3 Å². The molecule has 2 heterocycles. The minimum atomic E-state index is 0.222. The van der Waals surface area contributed by atoms with Gasteiger partial charge in [0.2, 0.25) is 0 Å². The molecular weight excluding hydrogens is 214 g/mol. The van der Waals surface area contributed by atoms with Crippen LogP contribution in [0.15, 0.2) is 18.3 Å². The third-order valence-corrected chi connectivity index (χ3v) is 3.43. The minimum Gasteiger partial charge on any atom is -0.381 e. The molecular formula is C13H21N3O. The van der Waals surface area contributed by atoms with Gasteiger partial charge >= 0.3 is 0 Å². The van der Waals surface area contributed by atoms with Crippen molar-refractivity contribution in [3.63, 3.8) is 0 Å². The number of pyridine rings is 1. The highest BCUT2D eigenvalue weighted by Crippen LogP contribution is 2.27. The third kappa shape index (κ3) is 3.49. The fourth-order valence-electron chi connectivity index (χ4n) is 2.40. The van der Waals surface area contributed by atoms with E-state index in [1.165, 1.54) is 5.56 Å². The Bertz CT molecular complexity index is 350. The predicted octanol–water partition coefficient (Wildman–Crippen LogP) is 1.71. The lowest BCUT2D eigenvalue weighted by Crippen LogP contribution is -2.31. The molecule has 0 saturated carbocycles. The molecule has 1 aromatic heterocycles. The maximum Gasteiger partial charge on any atom is 0.0468 e. The van der Waals surface area contributed by atoms with Gasteiger partial charge in [0.15, 0.2) is 0 Å². The first-order valence-electron chi connectivity index (χ1n) is 6.26. The molecule has 1 aliphatic rings. The van der Waals surface area contributed by atoms with E-state index in [0.717, 1.165) is 38.2 Å². The van der Waals surface area contributed by atoms with Crippen molar-refractivity contribution in [2.75, 3.05) is 13.2 Å². The van der Waals surface area contributed by atoms with Crippen LogP contribution in [0.1, 0.15) is 36.6 Å². The first-order chi connectivity index (χ1) is 8.29. The van der Waals surface area contributed by atoms with E-state index in [2.05, 4.69) is 16.5 Å². The van der Waals surface area contributed by atoms with E-state index in [4.69, 9.17) is 10.6 Å². The van der Waals surface area contributed by atoms with Gasteiger partial charge in [0.1, 0.15) is 0 Å². The Balaban J connectivity index is 2.00. The van der Waals surface area contributed by atoms with Crippen LogP contribution in [0.4, 0.5) is 0 Å². The number of hydrogen-bond acceptors (Lipinski definition) is 4. The maximum absolute atomic E-state index is 5.67. The molecule has 0 amide bonds. The molecule has 1 unspecified atom stereocenters. The largest absolute Gasteiger partial charge is 0.381 e. The normalized spacial score (nSPS) is 19.2. The van der Waals surface area contributed by atoms with Gasteiger partial charge in [-0.1, -0.05) is 0 Å². The molecule has 1 fully saturated rings. The van der Waals surface area contributed by atoms with Crippen molar-refractivity contribution < 1.29 is 4.74 Å². The van der Waals surface area contributed by atoms with Gasteiger partial charge in [0, 0.05) is 31.1 Å². The molecule has 94 valence electrons. The number of ether oxygens (including phenoxy) is 1. The fourth-order valence-corrected chi connectivity index (χ4v) is 2.40. The van der Waals surface area contributed by atoms with Crippen molar-refractivity contribution in [2.45, 2.75) is 32.2 Å². The monoisotopic (exact) mass is 235 g/mol. The van der Waals surface area contributed by atoms with Gasteiger partial charge < -0.3 is 4.74 Å². The smallest absolute Gasteiger partial charge is 0.0468 e. The molecule has 1 aromatic rings. The van der Waals surface area contributed by atoms with E-state index >= 15 is 0 Å². The SMILES string of the molecule is Cc1cc(C(CC2CCOCC2)NN)ccn1. The van der Waals surface area contributed by atoms with Gasteiger partial charge in [0.25, 0.3) is 0 Å². The summed E-state index contributed by atoms with van der Waals surface area (Å²) in [6.45, 7) is 3.78. The average molecular weight is 235 g/mol. The van der Waals surface area contributed by atoms with Crippen LogP contribution in [0.25, 0.3) is 0 Å². The Morgan fingerprint density at radius 3 is 2.94 bits per heavy atom. The summed E-state index contributed by atoms with van der Waals surface area (Å²) in [5.41, 5.74) is 5.19. The van der Waals surface area contributed by atoms with E-state index in [0.29, 0.717) is 5.92 Å². The summed E-state index contributed by atoms with van der Waals surface area (Å²) in [5.74, 6) is 6.38. The summed E-state index contributed by atoms with van der Waals surface area (Å²) in [6, 6.07) is 4.36. The Morgan fingerprint density at radius 1 is 1.53 bits per heavy atom. The van der Waals surface area contributed by atoms with E-state index in [-0.39, 0.29) is 6.04 Å². The maximum atomic E-state index is 5.67. The zero-order chi connectivity index (χ0) is 12.1. The van der Waals surface area contributed by atoms with Gasteiger partial charge in [-0.2, -0.15) is 0 Å². The van der Waals surface area contributed by atoms with E-state index in [1.54, 1.807) is 0 Å². The lowest BCUT2D eigenvalue weighted by atomic mass is 9.90. The number of rotatable bonds is 4. The van der Waals surface area contributed by atoms with Gasteiger partial charge in [-0.3, -0.25) is 16.3 Å². The van der Waals surface area contributed by atoms with Crippen LogP contribution in [-0.2, 0) is 4.74 Å². The fraction of sp³-hybridized carbons (Fsp3) is 0.615. The van der Waals surface area contributed by atoms with E-state index < -0.39 is 0 Å². The molecule has 17 heavy (non-hydrogen) atoms. The summed E-state index contributed by atoms with van der Waals surface area (Å²) >= 11 is 0. The molecule has 0 aliphatic carbocycles. The zero-order valence-electron chi connectivity index (χ0n) is 10.4. The van der Waals surface area contributed by atoms with Crippen molar-refractivity contribution in [3.05, 3.63) is 29.6 Å².